The van der Waals surface area contributed by atoms with Crippen LogP contribution in [0.2, 0.25) is 0 Å². The molecular formula is C13H20N2OS. The molecule has 94 valence electrons. The van der Waals surface area contributed by atoms with Gasteiger partial charge < -0.3 is 5.32 Å². The normalized spacial score (nSPS) is 21.4. The Balaban J connectivity index is 1.82. The molecule has 1 fully saturated rings. The van der Waals surface area contributed by atoms with E-state index < -0.39 is 0 Å². The average molecular weight is 252 g/mol. The van der Waals surface area contributed by atoms with Gasteiger partial charge in [-0.2, -0.15) is 11.3 Å². The highest BCUT2D eigenvalue weighted by Gasteiger charge is 2.20. The molecule has 1 aromatic heterocycles. The van der Waals surface area contributed by atoms with Crippen LogP contribution in [0.5, 0.6) is 0 Å². The Labute approximate surface area is 107 Å². The van der Waals surface area contributed by atoms with Crippen molar-refractivity contribution in [2.75, 3.05) is 13.1 Å². The number of carbonyl (C=O) groups is 1. The molecular weight excluding hydrogens is 232 g/mol. The number of likely N-dealkylation sites (tertiary alicyclic amines) is 1. The highest BCUT2D eigenvalue weighted by Crippen LogP contribution is 2.15. The summed E-state index contributed by atoms with van der Waals surface area (Å²) < 4.78 is 0. The van der Waals surface area contributed by atoms with Crippen molar-refractivity contribution in [2.45, 2.75) is 38.8 Å². The molecule has 1 aliphatic rings. The van der Waals surface area contributed by atoms with Crippen LogP contribution < -0.4 is 5.32 Å². The van der Waals surface area contributed by atoms with E-state index in [9.17, 15) is 4.79 Å². The third kappa shape index (κ3) is 3.82. The summed E-state index contributed by atoms with van der Waals surface area (Å²) in [5.41, 5.74) is 1.39. The minimum Gasteiger partial charge on any atom is -0.352 e. The fourth-order valence-corrected chi connectivity index (χ4v) is 2.95. The fraction of sp³-hybridized carbons (Fsp3) is 0.615. The summed E-state index contributed by atoms with van der Waals surface area (Å²) >= 11 is 1.75. The lowest BCUT2D eigenvalue weighted by atomic mass is 10.1. The van der Waals surface area contributed by atoms with Gasteiger partial charge in [0.15, 0.2) is 0 Å². The lowest BCUT2D eigenvalue weighted by Crippen LogP contribution is -2.47. The van der Waals surface area contributed by atoms with Gasteiger partial charge in [-0.1, -0.05) is 6.92 Å². The van der Waals surface area contributed by atoms with Crippen LogP contribution in [-0.4, -0.2) is 29.9 Å². The Morgan fingerprint density at radius 2 is 2.53 bits per heavy atom. The predicted octanol–water partition coefficient (Wildman–Crippen LogP) is 2.24. The number of hydrogen-bond donors (Lipinski definition) is 1. The van der Waals surface area contributed by atoms with Crippen molar-refractivity contribution in [2.24, 2.45) is 0 Å². The standard InChI is InChI=1S/C13H20N2OS/c1-2-13(16)14-12-4-3-6-15(9-12)8-11-5-7-17-10-11/h5,7,10,12H,2-4,6,8-9H2,1H3,(H,14,16). The molecule has 1 saturated heterocycles. The number of nitrogens with one attached hydrogen (secondary N) is 1. The Hall–Kier alpha value is -0.870. The van der Waals surface area contributed by atoms with Crippen LogP contribution in [0.25, 0.3) is 0 Å². The Morgan fingerprint density at radius 3 is 3.24 bits per heavy atom. The molecule has 1 N–H and O–H groups in total. The van der Waals surface area contributed by atoms with Crippen LogP contribution in [0, 0.1) is 0 Å². The maximum atomic E-state index is 11.4. The number of piperidine rings is 1. The molecule has 0 bridgehead atoms. The molecule has 1 atom stereocenters. The fourth-order valence-electron chi connectivity index (χ4n) is 2.29. The van der Waals surface area contributed by atoms with Gasteiger partial charge in [-0.3, -0.25) is 9.69 Å². The van der Waals surface area contributed by atoms with Crippen LogP contribution >= 0.6 is 11.3 Å². The van der Waals surface area contributed by atoms with Crippen molar-refractivity contribution in [1.29, 1.82) is 0 Å². The van der Waals surface area contributed by atoms with E-state index in [0.29, 0.717) is 12.5 Å². The summed E-state index contributed by atoms with van der Waals surface area (Å²) in [6.07, 6.45) is 2.88. The molecule has 0 radical (unpaired) electrons. The quantitative estimate of drug-likeness (QED) is 0.891. The zero-order valence-electron chi connectivity index (χ0n) is 10.3. The summed E-state index contributed by atoms with van der Waals surface area (Å²) in [5, 5.41) is 7.42. The van der Waals surface area contributed by atoms with Gasteiger partial charge in [-0.15, -0.1) is 0 Å². The Morgan fingerprint density at radius 1 is 1.65 bits per heavy atom. The first kappa shape index (κ1) is 12.6. The third-order valence-corrected chi connectivity index (χ3v) is 3.91. The van der Waals surface area contributed by atoms with Crippen LogP contribution in [0.3, 0.4) is 0 Å². The third-order valence-electron chi connectivity index (χ3n) is 3.18. The van der Waals surface area contributed by atoms with Crippen molar-refractivity contribution < 1.29 is 4.79 Å². The molecule has 1 aliphatic heterocycles. The Bertz CT molecular complexity index is 350. The van der Waals surface area contributed by atoms with E-state index >= 15 is 0 Å². The molecule has 17 heavy (non-hydrogen) atoms. The van der Waals surface area contributed by atoms with Crippen molar-refractivity contribution in [3.8, 4) is 0 Å². The second-order valence-corrected chi connectivity index (χ2v) is 5.41. The first-order chi connectivity index (χ1) is 8.28. The molecule has 1 aromatic rings. The van der Waals surface area contributed by atoms with Crippen LogP contribution in [0.15, 0.2) is 16.8 Å². The number of hydrogen-bond acceptors (Lipinski definition) is 3. The SMILES string of the molecule is CCC(=O)NC1CCCN(Cc2ccsc2)C1. The molecule has 4 heteroatoms. The number of rotatable bonds is 4. The lowest BCUT2D eigenvalue weighted by molar-refractivity contribution is -0.121. The van der Waals surface area contributed by atoms with E-state index in [1.165, 1.54) is 12.0 Å². The Kier molecular flexibility index (Phi) is 4.57. The topological polar surface area (TPSA) is 32.3 Å². The summed E-state index contributed by atoms with van der Waals surface area (Å²) in [7, 11) is 0. The van der Waals surface area contributed by atoms with Gasteiger partial charge in [0.05, 0.1) is 0 Å². The smallest absolute Gasteiger partial charge is 0.219 e. The largest absolute Gasteiger partial charge is 0.352 e. The number of carbonyl (C=O) groups excluding carboxylic acids is 1. The molecule has 0 aromatic carbocycles. The highest BCUT2D eigenvalue weighted by atomic mass is 32.1. The lowest BCUT2D eigenvalue weighted by Gasteiger charge is -2.32. The molecule has 1 unspecified atom stereocenters. The van der Waals surface area contributed by atoms with Crippen molar-refractivity contribution in [3.63, 3.8) is 0 Å². The van der Waals surface area contributed by atoms with Crippen LogP contribution in [-0.2, 0) is 11.3 Å². The summed E-state index contributed by atoms with van der Waals surface area (Å²) in [6.45, 7) is 5.05. The molecule has 0 saturated carbocycles. The maximum absolute atomic E-state index is 11.4. The van der Waals surface area contributed by atoms with Crippen LogP contribution in [0.1, 0.15) is 31.7 Å². The van der Waals surface area contributed by atoms with E-state index in [-0.39, 0.29) is 5.91 Å². The maximum Gasteiger partial charge on any atom is 0.219 e. The molecule has 0 spiro atoms. The van der Waals surface area contributed by atoms with E-state index in [1.54, 1.807) is 11.3 Å². The molecule has 0 aliphatic carbocycles. The molecule has 2 rings (SSSR count). The molecule has 3 nitrogen and oxygen atoms in total. The zero-order valence-corrected chi connectivity index (χ0v) is 11.1. The van der Waals surface area contributed by atoms with Gasteiger partial charge in [-0.05, 0) is 41.8 Å². The van der Waals surface area contributed by atoms with Gasteiger partial charge in [0.2, 0.25) is 5.91 Å². The number of amides is 1. The van der Waals surface area contributed by atoms with E-state index in [0.717, 1.165) is 26.1 Å². The predicted molar refractivity (Wildman–Crippen MR) is 71.1 cm³/mol. The molecule has 2 heterocycles. The first-order valence-electron chi connectivity index (χ1n) is 6.30. The summed E-state index contributed by atoms with van der Waals surface area (Å²) in [5.74, 6) is 0.174. The summed E-state index contributed by atoms with van der Waals surface area (Å²) in [6, 6.07) is 2.52. The molecule has 1 amide bonds. The monoisotopic (exact) mass is 252 g/mol. The van der Waals surface area contributed by atoms with Gasteiger partial charge in [0, 0.05) is 25.6 Å². The van der Waals surface area contributed by atoms with Crippen molar-refractivity contribution >= 4 is 17.2 Å². The van der Waals surface area contributed by atoms with Crippen LogP contribution in [0.4, 0.5) is 0 Å². The number of thiophene rings is 1. The highest BCUT2D eigenvalue weighted by molar-refractivity contribution is 7.07. The van der Waals surface area contributed by atoms with Gasteiger partial charge >= 0.3 is 0 Å². The van der Waals surface area contributed by atoms with E-state index in [1.807, 2.05) is 6.92 Å². The summed E-state index contributed by atoms with van der Waals surface area (Å²) in [4.78, 5) is 13.8. The van der Waals surface area contributed by atoms with Gasteiger partial charge in [0.1, 0.15) is 0 Å². The minimum absolute atomic E-state index is 0.174. The zero-order chi connectivity index (χ0) is 12.1. The second-order valence-electron chi connectivity index (χ2n) is 4.63. The van der Waals surface area contributed by atoms with E-state index in [2.05, 4.69) is 27.0 Å². The van der Waals surface area contributed by atoms with Crippen molar-refractivity contribution in [3.05, 3.63) is 22.4 Å². The first-order valence-corrected chi connectivity index (χ1v) is 7.25. The second kappa shape index (κ2) is 6.17. The average Bonchev–Trinajstić information content (AvgIpc) is 2.82. The van der Waals surface area contributed by atoms with Gasteiger partial charge in [0.25, 0.3) is 0 Å². The minimum atomic E-state index is 0.174. The van der Waals surface area contributed by atoms with E-state index in [4.69, 9.17) is 0 Å². The number of nitrogens with zero attached hydrogens (tertiary/aromatic N) is 1. The van der Waals surface area contributed by atoms with Gasteiger partial charge in [-0.25, -0.2) is 0 Å². The van der Waals surface area contributed by atoms with Crippen molar-refractivity contribution in [1.82, 2.24) is 10.2 Å².